The van der Waals surface area contributed by atoms with E-state index in [-0.39, 0.29) is 0 Å². The third-order valence-electron chi connectivity index (χ3n) is 2.93. The molecule has 0 N–H and O–H groups in total. The van der Waals surface area contributed by atoms with Gasteiger partial charge in [-0.3, -0.25) is 0 Å². The summed E-state index contributed by atoms with van der Waals surface area (Å²) in [6.07, 6.45) is 1.96. The van der Waals surface area contributed by atoms with Crippen molar-refractivity contribution in [2.24, 2.45) is 0 Å². The highest BCUT2D eigenvalue weighted by Crippen LogP contribution is 2.26. The van der Waals surface area contributed by atoms with Crippen molar-refractivity contribution in [3.63, 3.8) is 0 Å². The number of aryl methyl sites for hydroxylation is 2. The van der Waals surface area contributed by atoms with Crippen molar-refractivity contribution in [3.8, 4) is 11.6 Å². The molecule has 2 aromatic rings. The summed E-state index contributed by atoms with van der Waals surface area (Å²) in [4.78, 5) is 4.50. The Morgan fingerprint density at radius 2 is 2.00 bits per heavy atom. The highest BCUT2D eigenvalue weighted by molar-refractivity contribution is 6.31. The number of rotatable bonds is 5. The van der Waals surface area contributed by atoms with Crippen LogP contribution in [0.2, 0.25) is 5.02 Å². The summed E-state index contributed by atoms with van der Waals surface area (Å²) in [5.74, 6) is 1.76. The van der Waals surface area contributed by atoms with Gasteiger partial charge in [-0.25, -0.2) is 4.98 Å². The molecule has 20 heavy (non-hydrogen) atoms. The quantitative estimate of drug-likeness (QED) is 0.678. The first-order valence-corrected chi connectivity index (χ1v) is 7.53. The van der Waals surface area contributed by atoms with E-state index in [0.29, 0.717) is 11.8 Å². The number of benzene rings is 1. The number of ether oxygens (including phenoxy) is 1. The number of pyridine rings is 1. The van der Waals surface area contributed by atoms with Crippen molar-refractivity contribution in [1.82, 2.24) is 4.98 Å². The predicted octanol–water partition coefficient (Wildman–Crippen LogP) is 5.53. The fourth-order valence-corrected chi connectivity index (χ4v) is 2.21. The first kappa shape index (κ1) is 15.1. The van der Waals surface area contributed by atoms with Crippen LogP contribution in [0.3, 0.4) is 0 Å². The molecule has 0 fully saturated rings. The normalized spacial score (nSPS) is 10.6. The zero-order valence-corrected chi connectivity index (χ0v) is 13.1. The molecule has 2 nitrogen and oxygen atoms in total. The van der Waals surface area contributed by atoms with Crippen LogP contribution in [0.1, 0.15) is 30.2 Å². The van der Waals surface area contributed by atoms with Gasteiger partial charge in [0.2, 0.25) is 5.88 Å². The van der Waals surface area contributed by atoms with Gasteiger partial charge in [-0.1, -0.05) is 24.9 Å². The third kappa shape index (κ3) is 3.87. The van der Waals surface area contributed by atoms with E-state index in [2.05, 4.69) is 11.9 Å². The van der Waals surface area contributed by atoms with Crippen molar-refractivity contribution in [2.45, 2.75) is 32.6 Å². The lowest BCUT2D eigenvalue weighted by Gasteiger charge is -2.09. The van der Waals surface area contributed by atoms with Gasteiger partial charge in [0.05, 0.1) is 0 Å². The van der Waals surface area contributed by atoms with Crippen LogP contribution in [0.15, 0.2) is 30.3 Å². The molecule has 0 atom stereocenters. The smallest absolute Gasteiger partial charge is 0.219 e. The van der Waals surface area contributed by atoms with Crippen molar-refractivity contribution in [2.75, 3.05) is 0 Å². The van der Waals surface area contributed by atoms with E-state index in [1.165, 1.54) is 0 Å². The fourth-order valence-electron chi connectivity index (χ4n) is 1.94. The second-order valence-electron chi connectivity index (χ2n) is 4.70. The van der Waals surface area contributed by atoms with Crippen molar-refractivity contribution in [1.29, 1.82) is 0 Å². The minimum atomic E-state index is 0.454. The first-order chi connectivity index (χ1) is 9.62. The van der Waals surface area contributed by atoms with Crippen molar-refractivity contribution >= 4 is 23.2 Å². The first-order valence-electron chi connectivity index (χ1n) is 6.62. The van der Waals surface area contributed by atoms with Crippen LogP contribution in [-0.4, -0.2) is 4.98 Å². The Hall–Kier alpha value is -1.25. The summed E-state index contributed by atoms with van der Waals surface area (Å²) < 4.78 is 5.82. The number of hydrogen-bond donors (Lipinski definition) is 0. The van der Waals surface area contributed by atoms with Crippen LogP contribution < -0.4 is 4.74 Å². The van der Waals surface area contributed by atoms with E-state index in [4.69, 9.17) is 27.9 Å². The van der Waals surface area contributed by atoms with Gasteiger partial charge in [0.15, 0.2) is 0 Å². The maximum Gasteiger partial charge on any atom is 0.219 e. The van der Waals surface area contributed by atoms with Gasteiger partial charge in [0.25, 0.3) is 0 Å². The Labute approximate surface area is 129 Å². The highest BCUT2D eigenvalue weighted by Gasteiger charge is 2.06. The van der Waals surface area contributed by atoms with Crippen molar-refractivity contribution < 1.29 is 4.74 Å². The molecule has 0 bridgehead atoms. The molecule has 0 unspecified atom stereocenters. The number of alkyl halides is 1. The fraction of sp³-hybridized carbons (Fsp3) is 0.312. The average Bonchev–Trinajstić information content (AvgIpc) is 2.43. The van der Waals surface area contributed by atoms with E-state index in [0.717, 1.165) is 40.4 Å². The molecule has 2 rings (SSSR count). The summed E-state index contributed by atoms with van der Waals surface area (Å²) in [7, 11) is 0. The van der Waals surface area contributed by atoms with Crippen LogP contribution in [0, 0.1) is 6.92 Å². The van der Waals surface area contributed by atoms with Crippen LogP contribution in [0.5, 0.6) is 11.6 Å². The summed E-state index contributed by atoms with van der Waals surface area (Å²) in [6, 6.07) is 9.46. The molecule has 1 aromatic heterocycles. The predicted molar refractivity (Wildman–Crippen MR) is 84.1 cm³/mol. The molecule has 4 heteroatoms. The maximum atomic E-state index is 6.01. The van der Waals surface area contributed by atoms with Crippen LogP contribution in [0.25, 0.3) is 0 Å². The van der Waals surface area contributed by atoms with E-state index in [9.17, 15) is 0 Å². The lowest BCUT2D eigenvalue weighted by Crippen LogP contribution is -1.96. The Kier molecular flexibility index (Phi) is 5.27. The highest BCUT2D eigenvalue weighted by atomic mass is 35.5. The Bertz CT molecular complexity index is 599. The summed E-state index contributed by atoms with van der Waals surface area (Å²) in [6.45, 7) is 4.07. The van der Waals surface area contributed by atoms with Crippen LogP contribution >= 0.6 is 23.2 Å². The second-order valence-corrected chi connectivity index (χ2v) is 5.38. The average molecular weight is 310 g/mol. The van der Waals surface area contributed by atoms with E-state index in [1.807, 2.05) is 37.3 Å². The van der Waals surface area contributed by atoms with Gasteiger partial charge < -0.3 is 4.74 Å². The van der Waals surface area contributed by atoms with Gasteiger partial charge >= 0.3 is 0 Å². The standard InChI is InChI=1S/C16H17Cl2NO/c1-3-4-13-8-12(10-17)9-16(19-13)20-14-5-6-15(18)11(2)7-14/h5-9H,3-4,10H2,1-2H3. The third-order valence-corrected chi connectivity index (χ3v) is 3.66. The SMILES string of the molecule is CCCc1cc(CCl)cc(Oc2ccc(Cl)c(C)c2)n1. The van der Waals surface area contributed by atoms with E-state index < -0.39 is 0 Å². The van der Waals surface area contributed by atoms with Gasteiger partial charge in [-0.05, 0) is 48.7 Å². The molecular formula is C16H17Cl2NO. The molecular weight excluding hydrogens is 293 g/mol. The summed E-state index contributed by atoms with van der Waals surface area (Å²) in [5, 5.41) is 0.728. The molecule has 0 amide bonds. The molecule has 0 aliphatic rings. The minimum Gasteiger partial charge on any atom is -0.439 e. The van der Waals surface area contributed by atoms with Gasteiger partial charge in [-0.15, -0.1) is 11.6 Å². The van der Waals surface area contributed by atoms with Gasteiger partial charge in [-0.2, -0.15) is 0 Å². The lowest BCUT2D eigenvalue weighted by atomic mass is 10.2. The van der Waals surface area contributed by atoms with Crippen LogP contribution in [-0.2, 0) is 12.3 Å². The summed E-state index contributed by atoms with van der Waals surface area (Å²) >= 11 is 11.9. The molecule has 0 aliphatic heterocycles. The Morgan fingerprint density at radius 1 is 1.20 bits per heavy atom. The molecule has 0 spiro atoms. The summed E-state index contributed by atoms with van der Waals surface area (Å²) in [5.41, 5.74) is 3.00. The maximum absolute atomic E-state index is 6.01. The molecule has 1 aromatic carbocycles. The van der Waals surface area contributed by atoms with E-state index in [1.54, 1.807) is 0 Å². The Balaban J connectivity index is 2.27. The number of aromatic nitrogens is 1. The lowest BCUT2D eigenvalue weighted by molar-refractivity contribution is 0.459. The zero-order valence-electron chi connectivity index (χ0n) is 11.6. The van der Waals surface area contributed by atoms with E-state index >= 15 is 0 Å². The number of halogens is 2. The minimum absolute atomic E-state index is 0.454. The molecule has 0 radical (unpaired) electrons. The second kappa shape index (κ2) is 6.96. The zero-order chi connectivity index (χ0) is 14.5. The molecule has 0 saturated carbocycles. The molecule has 0 aliphatic carbocycles. The van der Waals surface area contributed by atoms with Crippen molar-refractivity contribution in [3.05, 3.63) is 52.2 Å². The Morgan fingerprint density at radius 3 is 2.65 bits per heavy atom. The largest absolute Gasteiger partial charge is 0.439 e. The molecule has 1 heterocycles. The topological polar surface area (TPSA) is 22.1 Å². The van der Waals surface area contributed by atoms with Crippen LogP contribution in [0.4, 0.5) is 0 Å². The molecule has 0 saturated heterocycles. The van der Waals surface area contributed by atoms with Gasteiger partial charge in [0.1, 0.15) is 5.75 Å². The molecule has 106 valence electrons. The monoisotopic (exact) mass is 309 g/mol. The van der Waals surface area contributed by atoms with Gasteiger partial charge in [0, 0.05) is 22.7 Å². The number of nitrogens with zero attached hydrogens (tertiary/aromatic N) is 1. The number of hydrogen-bond acceptors (Lipinski definition) is 2.